The maximum atomic E-state index is 12.0. The van der Waals surface area contributed by atoms with Gasteiger partial charge in [0.1, 0.15) is 0 Å². The van der Waals surface area contributed by atoms with E-state index in [1.54, 1.807) is 0 Å². The van der Waals surface area contributed by atoms with Gasteiger partial charge in [0, 0.05) is 13.1 Å². The van der Waals surface area contributed by atoms with Gasteiger partial charge in [0.15, 0.2) is 0 Å². The average molecular weight is 276 g/mol. The van der Waals surface area contributed by atoms with E-state index in [0.29, 0.717) is 25.8 Å². The van der Waals surface area contributed by atoms with E-state index in [9.17, 15) is 8.42 Å². The van der Waals surface area contributed by atoms with Crippen LogP contribution < -0.4 is 10.0 Å². The fraction of sp³-hybridized carbons (Fsp3) is 1.00. The minimum Gasteiger partial charge on any atom is -0.377 e. The van der Waals surface area contributed by atoms with Crippen molar-refractivity contribution in [2.24, 2.45) is 0 Å². The third-order valence-electron chi connectivity index (χ3n) is 3.75. The fourth-order valence-corrected chi connectivity index (χ4v) is 4.08. The first-order chi connectivity index (χ1) is 8.68. The van der Waals surface area contributed by atoms with Crippen LogP contribution in [0.25, 0.3) is 0 Å². The summed E-state index contributed by atoms with van der Waals surface area (Å²) in [6.07, 6.45) is 6.77. The van der Waals surface area contributed by atoms with Crippen molar-refractivity contribution >= 4 is 10.0 Å². The van der Waals surface area contributed by atoms with Crippen LogP contribution in [0.1, 0.15) is 38.5 Å². The predicted octanol–water partition coefficient (Wildman–Crippen LogP) is 0.617. The van der Waals surface area contributed by atoms with Gasteiger partial charge in [0.05, 0.1) is 18.0 Å². The third-order valence-corrected chi connectivity index (χ3v) is 5.64. The minimum atomic E-state index is -3.17. The summed E-state index contributed by atoms with van der Waals surface area (Å²) in [6.45, 7) is 2.38. The lowest BCUT2D eigenvalue weighted by molar-refractivity contribution is 0.0626. The number of hydrogen-bond donors (Lipinski definition) is 2. The zero-order valence-electron chi connectivity index (χ0n) is 10.9. The lowest BCUT2D eigenvalue weighted by Crippen LogP contribution is -2.45. The molecule has 2 fully saturated rings. The molecule has 1 saturated heterocycles. The van der Waals surface area contributed by atoms with E-state index < -0.39 is 10.0 Å². The standard InChI is InChI=1S/C12H24N2O3S/c15-18(16,12-6-3-7-13-10-12)14-8-9-17-11-4-1-2-5-11/h11-14H,1-10H2. The molecule has 0 spiro atoms. The van der Waals surface area contributed by atoms with Gasteiger partial charge in [-0.05, 0) is 32.2 Å². The molecule has 0 aromatic carbocycles. The smallest absolute Gasteiger partial charge is 0.215 e. The Balaban J connectivity index is 1.64. The van der Waals surface area contributed by atoms with Crippen LogP contribution in [0.5, 0.6) is 0 Å². The van der Waals surface area contributed by atoms with Gasteiger partial charge in [-0.15, -0.1) is 0 Å². The van der Waals surface area contributed by atoms with Crippen molar-refractivity contribution in [3.63, 3.8) is 0 Å². The SMILES string of the molecule is O=S(=O)(NCCOC1CCCC1)C1CCCNC1. The molecule has 6 heteroatoms. The predicted molar refractivity (Wildman–Crippen MR) is 71.0 cm³/mol. The number of nitrogens with one attached hydrogen (secondary N) is 2. The van der Waals surface area contributed by atoms with Gasteiger partial charge in [0.2, 0.25) is 10.0 Å². The van der Waals surface area contributed by atoms with Crippen LogP contribution in [0.4, 0.5) is 0 Å². The molecule has 1 unspecified atom stereocenters. The van der Waals surface area contributed by atoms with Crippen molar-refractivity contribution in [3.8, 4) is 0 Å². The van der Waals surface area contributed by atoms with Crippen LogP contribution in [0.3, 0.4) is 0 Å². The van der Waals surface area contributed by atoms with E-state index in [4.69, 9.17) is 4.74 Å². The molecule has 2 aliphatic rings. The van der Waals surface area contributed by atoms with Gasteiger partial charge in [-0.3, -0.25) is 0 Å². The molecular formula is C12H24N2O3S. The van der Waals surface area contributed by atoms with Crippen molar-refractivity contribution in [1.82, 2.24) is 10.0 Å². The molecule has 1 heterocycles. The highest BCUT2D eigenvalue weighted by atomic mass is 32.2. The zero-order chi connectivity index (χ0) is 12.8. The molecule has 2 rings (SSSR count). The zero-order valence-corrected chi connectivity index (χ0v) is 11.7. The Morgan fingerprint density at radius 3 is 2.61 bits per heavy atom. The summed E-state index contributed by atoms with van der Waals surface area (Å²) < 4.78 is 32.3. The van der Waals surface area contributed by atoms with Gasteiger partial charge in [0.25, 0.3) is 0 Å². The molecular weight excluding hydrogens is 252 g/mol. The first-order valence-corrected chi connectivity index (χ1v) is 8.54. The fourth-order valence-electron chi connectivity index (χ4n) is 2.67. The van der Waals surface area contributed by atoms with Crippen molar-refractivity contribution < 1.29 is 13.2 Å². The summed E-state index contributed by atoms with van der Waals surface area (Å²) in [5.41, 5.74) is 0. The van der Waals surface area contributed by atoms with E-state index >= 15 is 0 Å². The summed E-state index contributed by atoms with van der Waals surface area (Å²) in [5.74, 6) is 0. The Hall–Kier alpha value is -0.170. The average Bonchev–Trinajstić information content (AvgIpc) is 2.89. The number of rotatable bonds is 6. The molecule has 0 radical (unpaired) electrons. The molecule has 1 aliphatic heterocycles. The molecule has 2 N–H and O–H groups in total. The van der Waals surface area contributed by atoms with E-state index in [2.05, 4.69) is 10.0 Å². The van der Waals surface area contributed by atoms with Crippen LogP contribution in [-0.2, 0) is 14.8 Å². The topological polar surface area (TPSA) is 67.4 Å². The van der Waals surface area contributed by atoms with Gasteiger partial charge in [-0.25, -0.2) is 13.1 Å². The molecule has 106 valence electrons. The first kappa shape index (κ1) is 14.2. The van der Waals surface area contributed by atoms with Gasteiger partial charge < -0.3 is 10.1 Å². The van der Waals surface area contributed by atoms with Crippen molar-refractivity contribution in [2.75, 3.05) is 26.2 Å². The van der Waals surface area contributed by atoms with Gasteiger partial charge in [-0.2, -0.15) is 0 Å². The Morgan fingerprint density at radius 2 is 1.94 bits per heavy atom. The highest BCUT2D eigenvalue weighted by Gasteiger charge is 2.26. The van der Waals surface area contributed by atoms with E-state index in [0.717, 1.165) is 32.2 Å². The van der Waals surface area contributed by atoms with Crippen LogP contribution >= 0.6 is 0 Å². The molecule has 1 atom stereocenters. The Labute approximate surface area is 110 Å². The largest absolute Gasteiger partial charge is 0.377 e. The van der Waals surface area contributed by atoms with Crippen LogP contribution in [0.2, 0.25) is 0 Å². The van der Waals surface area contributed by atoms with E-state index in [-0.39, 0.29) is 5.25 Å². The lowest BCUT2D eigenvalue weighted by atomic mass is 10.2. The molecule has 0 amide bonds. The van der Waals surface area contributed by atoms with Crippen LogP contribution in [0, 0.1) is 0 Å². The highest BCUT2D eigenvalue weighted by molar-refractivity contribution is 7.90. The maximum absolute atomic E-state index is 12.0. The lowest BCUT2D eigenvalue weighted by Gasteiger charge is -2.23. The van der Waals surface area contributed by atoms with Gasteiger partial charge >= 0.3 is 0 Å². The monoisotopic (exact) mass is 276 g/mol. The summed E-state index contributed by atoms with van der Waals surface area (Å²) >= 11 is 0. The minimum absolute atomic E-state index is 0.280. The summed E-state index contributed by atoms with van der Waals surface area (Å²) in [5, 5.41) is 2.85. The maximum Gasteiger partial charge on any atom is 0.215 e. The summed E-state index contributed by atoms with van der Waals surface area (Å²) in [7, 11) is -3.17. The van der Waals surface area contributed by atoms with Crippen molar-refractivity contribution in [2.45, 2.75) is 49.9 Å². The highest BCUT2D eigenvalue weighted by Crippen LogP contribution is 2.20. The second kappa shape index (κ2) is 6.84. The molecule has 1 saturated carbocycles. The summed E-state index contributed by atoms with van der Waals surface area (Å²) in [6, 6.07) is 0. The molecule has 0 bridgehead atoms. The number of ether oxygens (including phenoxy) is 1. The second-order valence-electron chi connectivity index (χ2n) is 5.18. The first-order valence-electron chi connectivity index (χ1n) is 6.99. The molecule has 0 aromatic rings. The Kier molecular flexibility index (Phi) is 5.41. The second-order valence-corrected chi connectivity index (χ2v) is 7.23. The van der Waals surface area contributed by atoms with Crippen LogP contribution in [-0.4, -0.2) is 46.0 Å². The van der Waals surface area contributed by atoms with Gasteiger partial charge in [-0.1, -0.05) is 12.8 Å². The Morgan fingerprint density at radius 1 is 1.17 bits per heavy atom. The molecule has 5 nitrogen and oxygen atoms in total. The third kappa shape index (κ3) is 4.19. The van der Waals surface area contributed by atoms with E-state index in [1.807, 2.05) is 0 Å². The number of sulfonamides is 1. The van der Waals surface area contributed by atoms with E-state index in [1.165, 1.54) is 12.8 Å². The number of piperidine rings is 1. The Bertz CT molecular complexity index is 333. The number of hydrogen-bond acceptors (Lipinski definition) is 4. The molecule has 0 aromatic heterocycles. The molecule has 18 heavy (non-hydrogen) atoms. The van der Waals surface area contributed by atoms with Crippen LogP contribution in [0.15, 0.2) is 0 Å². The molecule has 1 aliphatic carbocycles. The van der Waals surface area contributed by atoms with Crippen molar-refractivity contribution in [1.29, 1.82) is 0 Å². The summed E-state index contributed by atoms with van der Waals surface area (Å²) in [4.78, 5) is 0. The normalized spacial score (nSPS) is 26.6. The van der Waals surface area contributed by atoms with Crippen molar-refractivity contribution in [3.05, 3.63) is 0 Å². The quantitative estimate of drug-likeness (QED) is 0.698.